The number of nitrogens with zero attached hydrogens (tertiary/aromatic N) is 1. The molecule has 2 saturated carbocycles. The lowest BCUT2D eigenvalue weighted by atomic mass is 9.63. The molecule has 6 rings (SSSR count). The number of ether oxygens (including phenoxy) is 1. The summed E-state index contributed by atoms with van der Waals surface area (Å²) in [5, 5.41) is 3.19. The molecule has 0 spiro atoms. The molecule has 0 aromatic heterocycles. The third kappa shape index (κ3) is 1.81. The maximum absolute atomic E-state index is 12.8. The normalized spacial score (nSPS) is 38.1. The molecule has 1 N–H and O–H groups in total. The van der Waals surface area contributed by atoms with Crippen molar-refractivity contribution in [1.29, 1.82) is 0 Å². The molecular weight excluding hydrogens is 304 g/mol. The van der Waals surface area contributed by atoms with E-state index in [0.717, 1.165) is 11.4 Å². The number of nitrogens with one attached hydrogen (secondary N) is 1. The van der Waals surface area contributed by atoms with E-state index in [0.29, 0.717) is 11.8 Å². The van der Waals surface area contributed by atoms with Crippen molar-refractivity contribution < 1.29 is 14.3 Å². The molecule has 3 fully saturated rings. The van der Waals surface area contributed by atoms with Gasteiger partial charge >= 0.3 is 0 Å². The average Bonchev–Trinajstić information content (AvgIpc) is 3.39. The van der Waals surface area contributed by atoms with Gasteiger partial charge in [0.2, 0.25) is 11.8 Å². The summed E-state index contributed by atoms with van der Waals surface area (Å²) in [4.78, 5) is 27.1. The van der Waals surface area contributed by atoms with Gasteiger partial charge in [-0.3, -0.25) is 14.5 Å². The van der Waals surface area contributed by atoms with Crippen molar-refractivity contribution in [3.63, 3.8) is 0 Å². The highest BCUT2D eigenvalue weighted by molar-refractivity contribution is 6.06. The van der Waals surface area contributed by atoms with E-state index in [1.807, 2.05) is 24.3 Å². The molecule has 5 heteroatoms. The van der Waals surface area contributed by atoms with E-state index in [1.165, 1.54) is 11.3 Å². The van der Waals surface area contributed by atoms with Crippen LogP contribution in [0.15, 0.2) is 36.4 Å². The van der Waals surface area contributed by atoms with Gasteiger partial charge in [0.05, 0.1) is 25.6 Å². The molecule has 5 nitrogen and oxygen atoms in total. The minimum Gasteiger partial charge on any atom is -0.497 e. The number of rotatable bonds is 4. The standard InChI is InChI=1S/C19H20N2O3/c1-24-11-4-2-10(3-5-11)20-9-21-18(22)16-12-6-7-13(15-8-14(12)15)17(16)19(21)23/h2-7,12-17,20H,8-9H2,1H3/t12-,13-,14-,15+,16-,17+/m1/s1. The molecule has 5 aliphatic rings. The second kappa shape index (κ2) is 4.85. The number of carbonyl (C=O) groups is 2. The van der Waals surface area contributed by atoms with Crippen LogP contribution < -0.4 is 10.1 Å². The number of hydrogen-bond donors (Lipinski definition) is 1. The van der Waals surface area contributed by atoms with Crippen molar-refractivity contribution in [2.75, 3.05) is 19.1 Å². The molecule has 1 aliphatic heterocycles. The Labute approximate surface area is 140 Å². The predicted octanol–water partition coefficient (Wildman–Crippen LogP) is 2.12. The smallest absolute Gasteiger partial charge is 0.235 e. The van der Waals surface area contributed by atoms with Gasteiger partial charge in [-0.05, 0) is 54.4 Å². The number of anilines is 1. The molecular formula is C19H20N2O3. The Kier molecular flexibility index (Phi) is 2.84. The highest BCUT2D eigenvalue weighted by Gasteiger charge is 2.66. The molecule has 2 bridgehead atoms. The molecule has 1 heterocycles. The second-order valence-electron chi connectivity index (χ2n) is 7.32. The maximum Gasteiger partial charge on any atom is 0.235 e. The van der Waals surface area contributed by atoms with Crippen LogP contribution in [0, 0.1) is 35.5 Å². The molecule has 0 radical (unpaired) electrons. The van der Waals surface area contributed by atoms with E-state index < -0.39 is 0 Å². The monoisotopic (exact) mass is 324 g/mol. The summed E-state index contributed by atoms with van der Waals surface area (Å²) in [5.74, 6) is 2.43. The van der Waals surface area contributed by atoms with E-state index >= 15 is 0 Å². The van der Waals surface area contributed by atoms with Crippen LogP contribution in [0.2, 0.25) is 0 Å². The van der Waals surface area contributed by atoms with Crippen molar-refractivity contribution in [2.24, 2.45) is 35.5 Å². The Morgan fingerprint density at radius 1 is 1.04 bits per heavy atom. The molecule has 24 heavy (non-hydrogen) atoms. The van der Waals surface area contributed by atoms with Crippen LogP contribution in [0.5, 0.6) is 5.75 Å². The lowest BCUT2D eigenvalue weighted by molar-refractivity contribution is -0.139. The first-order chi connectivity index (χ1) is 11.7. The van der Waals surface area contributed by atoms with Gasteiger partial charge < -0.3 is 10.1 Å². The van der Waals surface area contributed by atoms with E-state index in [-0.39, 0.29) is 42.2 Å². The van der Waals surface area contributed by atoms with Gasteiger partial charge in [0.15, 0.2) is 0 Å². The summed E-state index contributed by atoms with van der Waals surface area (Å²) < 4.78 is 5.14. The van der Waals surface area contributed by atoms with Gasteiger partial charge in [0.25, 0.3) is 0 Å². The van der Waals surface area contributed by atoms with Crippen LogP contribution in [-0.2, 0) is 9.59 Å². The first-order valence-corrected chi connectivity index (χ1v) is 8.60. The zero-order chi connectivity index (χ0) is 16.4. The number of allylic oxidation sites excluding steroid dienone is 2. The Hall–Kier alpha value is -2.30. The van der Waals surface area contributed by atoms with E-state index in [2.05, 4.69) is 17.5 Å². The minimum atomic E-state index is -0.117. The van der Waals surface area contributed by atoms with Crippen molar-refractivity contribution in [3.8, 4) is 5.75 Å². The van der Waals surface area contributed by atoms with Crippen LogP contribution in [0.25, 0.3) is 0 Å². The van der Waals surface area contributed by atoms with Gasteiger partial charge in [0.1, 0.15) is 5.75 Å². The van der Waals surface area contributed by atoms with Crippen molar-refractivity contribution in [1.82, 2.24) is 4.90 Å². The summed E-state index contributed by atoms with van der Waals surface area (Å²) in [5.41, 5.74) is 0.871. The van der Waals surface area contributed by atoms with Gasteiger partial charge in [-0.15, -0.1) is 0 Å². The van der Waals surface area contributed by atoms with Crippen molar-refractivity contribution in [3.05, 3.63) is 36.4 Å². The number of imide groups is 1. The van der Waals surface area contributed by atoms with E-state index in [9.17, 15) is 9.59 Å². The minimum absolute atomic E-state index is 0.00992. The molecule has 1 aromatic rings. The topological polar surface area (TPSA) is 58.6 Å². The third-order valence-electron chi connectivity index (χ3n) is 6.29. The fourth-order valence-electron chi connectivity index (χ4n) is 5.05. The lowest BCUT2D eigenvalue weighted by Gasteiger charge is -2.37. The van der Waals surface area contributed by atoms with Crippen molar-refractivity contribution >= 4 is 17.5 Å². The molecule has 1 aromatic carbocycles. The first-order valence-electron chi connectivity index (χ1n) is 8.60. The van der Waals surface area contributed by atoms with Crippen LogP contribution in [0.4, 0.5) is 5.69 Å². The summed E-state index contributed by atoms with van der Waals surface area (Å²) in [6, 6.07) is 7.48. The third-order valence-corrected chi connectivity index (χ3v) is 6.29. The van der Waals surface area contributed by atoms with Crippen LogP contribution in [0.1, 0.15) is 6.42 Å². The Morgan fingerprint density at radius 2 is 1.62 bits per heavy atom. The van der Waals surface area contributed by atoms with Crippen LogP contribution in [-0.4, -0.2) is 30.5 Å². The van der Waals surface area contributed by atoms with E-state index in [4.69, 9.17) is 4.74 Å². The number of benzene rings is 1. The quantitative estimate of drug-likeness (QED) is 0.681. The summed E-state index contributed by atoms with van der Waals surface area (Å²) in [6.45, 7) is 0.242. The number of amides is 2. The molecule has 2 amide bonds. The maximum atomic E-state index is 12.8. The summed E-state index contributed by atoms with van der Waals surface area (Å²) in [7, 11) is 1.62. The highest BCUT2D eigenvalue weighted by atomic mass is 16.5. The Morgan fingerprint density at radius 3 is 2.17 bits per heavy atom. The molecule has 124 valence electrons. The molecule has 4 aliphatic carbocycles. The Bertz CT molecular complexity index is 705. The zero-order valence-corrected chi connectivity index (χ0v) is 13.5. The summed E-state index contributed by atoms with van der Waals surface area (Å²) >= 11 is 0. The predicted molar refractivity (Wildman–Crippen MR) is 88.0 cm³/mol. The highest BCUT2D eigenvalue weighted by Crippen LogP contribution is 2.65. The van der Waals surface area contributed by atoms with Crippen LogP contribution >= 0.6 is 0 Å². The molecule has 0 unspecified atom stereocenters. The summed E-state index contributed by atoms with van der Waals surface area (Å²) in [6.07, 6.45) is 5.59. The Balaban J connectivity index is 1.33. The number of hydrogen-bond acceptors (Lipinski definition) is 4. The number of likely N-dealkylation sites (tertiary alicyclic amines) is 1. The van der Waals surface area contributed by atoms with Crippen LogP contribution in [0.3, 0.4) is 0 Å². The molecule has 1 saturated heterocycles. The fourth-order valence-corrected chi connectivity index (χ4v) is 5.05. The average molecular weight is 324 g/mol. The molecule has 6 atom stereocenters. The van der Waals surface area contributed by atoms with Gasteiger partial charge in [-0.2, -0.15) is 0 Å². The number of carbonyl (C=O) groups excluding carboxylic acids is 2. The zero-order valence-electron chi connectivity index (χ0n) is 13.5. The van der Waals surface area contributed by atoms with Gasteiger partial charge in [-0.1, -0.05) is 12.2 Å². The van der Waals surface area contributed by atoms with Crippen molar-refractivity contribution in [2.45, 2.75) is 6.42 Å². The SMILES string of the molecule is COc1ccc(NCN2C(=O)[C@@H]3[C@@H]4C=C[C@H]([C@@H]5C[C@H]45)[C@@H]3C2=O)cc1. The first kappa shape index (κ1) is 14.1. The lowest BCUT2D eigenvalue weighted by Crippen LogP contribution is -2.40. The van der Waals surface area contributed by atoms with Gasteiger partial charge in [0, 0.05) is 5.69 Å². The number of methoxy groups -OCH3 is 1. The fraction of sp³-hybridized carbons (Fsp3) is 0.474. The van der Waals surface area contributed by atoms with E-state index in [1.54, 1.807) is 7.11 Å². The van der Waals surface area contributed by atoms with Gasteiger partial charge in [-0.25, -0.2) is 0 Å². The second-order valence-corrected chi connectivity index (χ2v) is 7.32. The largest absolute Gasteiger partial charge is 0.497 e.